The van der Waals surface area contributed by atoms with E-state index in [1.54, 1.807) is 25.7 Å². The van der Waals surface area contributed by atoms with E-state index in [0.717, 1.165) is 16.7 Å². The normalized spacial score (nSPS) is 10.9. The number of methoxy groups -OCH3 is 1. The van der Waals surface area contributed by atoms with E-state index in [0.29, 0.717) is 31.7 Å². The first-order valence-corrected chi connectivity index (χ1v) is 7.76. The first-order valence-electron chi connectivity index (χ1n) is 7.76. The highest BCUT2D eigenvalue weighted by atomic mass is 16.5. The Labute approximate surface area is 139 Å². The van der Waals surface area contributed by atoms with Crippen LogP contribution in [0.4, 0.5) is 0 Å². The highest BCUT2D eigenvalue weighted by molar-refractivity contribution is 5.97. The zero-order valence-electron chi connectivity index (χ0n) is 13.5. The molecular formula is C17H19N5O2. The molecule has 0 spiro atoms. The fourth-order valence-electron chi connectivity index (χ4n) is 2.46. The van der Waals surface area contributed by atoms with Crippen LogP contribution in [-0.2, 0) is 17.7 Å². The summed E-state index contributed by atoms with van der Waals surface area (Å²) in [5.41, 5.74) is 1.50. The molecule has 0 aliphatic carbocycles. The van der Waals surface area contributed by atoms with E-state index in [2.05, 4.69) is 20.5 Å². The number of aromatic nitrogens is 4. The van der Waals surface area contributed by atoms with Crippen molar-refractivity contribution >= 4 is 16.8 Å². The van der Waals surface area contributed by atoms with E-state index in [9.17, 15) is 4.79 Å². The zero-order valence-corrected chi connectivity index (χ0v) is 13.5. The predicted octanol–water partition coefficient (Wildman–Crippen LogP) is 1.45. The molecule has 0 saturated heterocycles. The third-order valence-electron chi connectivity index (χ3n) is 3.73. The van der Waals surface area contributed by atoms with Crippen molar-refractivity contribution in [3.05, 3.63) is 54.2 Å². The quantitative estimate of drug-likeness (QED) is 0.711. The molecule has 3 rings (SSSR count). The van der Waals surface area contributed by atoms with Gasteiger partial charge in [-0.3, -0.25) is 9.78 Å². The minimum Gasteiger partial charge on any atom is -0.383 e. The van der Waals surface area contributed by atoms with Crippen LogP contribution in [0.1, 0.15) is 16.2 Å². The molecule has 0 bridgehead atoms. The molecule has 0 aliphatic rings. The fourth-order valence-corrected chi connectivity index (χ4v) is 2.46. The maximum atomic E-state index is 12.3. The van der Waals surface area contributed by atoms with Crippen LogP contribution < -0.4 is 5.32 Å². The molecule has 0 atom stereocenters. The maximum absolute atomic E-state index is 12.3. The second kappa shape index (κ2) is 7.65. The predicted molar refractivity (Wildman–Crippen MR) is 89.7 cm³/mol. The highest BCUT2D eigenvalue weighted by Crippen LogP contribution is 2.13. The minimum atomic E-state index is -0.108. The van der Waals surface area contributed by atoms with Gasteiger partial charge in [0.25, 0.3) is 5.91 Å². The smallest absolute Gasteiger partial charge is 0.251 e. The van der Waals surface area contributed by atoms with E-state index >= 15 is 0 Å². The summed E-state index contributed by atoms with van der Waals surface area (Å²) in [6.45, 7) is 1.79. The molecule has 0 radical (unpaired) electrons. The first-order chi connectivity index (χ1) is 11.8. The SMILES string of the molecule is COCCn1cnnc1CCNC(=O)c1ccc2ncccc2c1. The van der Waals surface area contributed by atoms with Gasteiger partial charge in [-0.25, -0.2) is 0 Å². The molecule has 1 N–H and O–H groups in total. The van der Waals surface area contributed by atoms with Gasteiger partial charge in [-0.1, -0.05) is 6.07 Å². The van der Waals surface area contributed by atoms with Crippen LogP contribution in [0.2, 0.25) is 0 Å². The third kappa shape index (κ3) is 3.75. The lowest BCUT2D eigenvalue weighted by molar-refractivity contribution is 0.0954. The summed E-state index contributed by atoms with van der Waals surface area (Å²) in [4.78, 5) is 16.5. The van der Waals surface area contributed by atoms with Crippen LogP contribution in [-0.4, -0.2) is 45.9 Å². The Hall–Kier alpha value is -2.80. The number of nitrogens with one attached hydrogen (secondary N) is 1. The van der Waals surface area contributed by atoms with Gasteiger partial charge < -0.3 is 14.6 Å². The number of carbonyl (C=O) groups is 1. The van der Waals surface area contributed by atoms with Crippen LogP contribution in [0.25, 0.3) is 10.9 Å². The molecule has 2 heterocycles. The largest absolute Gasteiger partial charge is 0.383 e. The Morgan fingerprint density at radius 2 is 2.25 bits per heavy atom. The van der Waals surface area contributed by atoms with Gasteiger partial charge in [0.1, 0.15) is 12.2 Å². The number of carbonyl (C=O) groups excluding carboxylic acids is 1. The average molecular weight is 325 g/mol. The molecule has 0 fully saturated rings. The molecule has 0 aliphatic heterocycles. The molecule has 24 heavy (non-hydrogen) atoms. The molecule has 1 aromatic carbocycles. The monoisotopic (exact) mass is 325 g/mol. The van der Waals surface area contributed by atoms with E-state index < -0.39 is 0 Å². The number of nitrogens with zero attached hydrogens (tertiary/aromatic N) is 4. The van der Waals surface area contributed by atoms with Crippen molar-refractivity contribution in [3.8, 4) is 0 Å². The maximum Gasteiger partial charge on any atom is 0.251 e. The number of hydrogen-bond acceptors (Lipinski definition) is 5. The number of rotatable bonds is 7. The fraction of sp³-hybridized carbons (Fsp3) is 0.294. The summed E-state index contributed by atoms with van der Waals surface area (Å²) in [6.07, 6.45) is 4.03. The van der Waals surface area contributed by atoms with Crippen molar-refractivity contribution < 1.29 is 9.53 Å². The summed E-state index contributed by atoms with van der Waals surface area (Å²) in [5, 5.41) is 11.8. The van der Waals surface area contributed by atoms with Crippen molar-refractivity contribution in [2.75, 3.05) is 20.3 Å². The molecule has 7 nitrogen and oxygen atoms in total. The average Bonchev–Trinajstić information content (AvgIpc) is 3.06. The van der Waals surface area contributed by atoms with Gasteiger partial charge in [-0.2, -0.15) is 0 Å². The van der Waals surface area contributed by atoms with Crippen molar-refractivity contribution in [1.29, 1.82) is 0 Å². The van der Waals surface area contributed by atoms with Crippen LogP contribution in [0.5, 0.6) is 0 Å². The Bertz CT molecular complexity index is 830. The number of hydrogen-bond donors (Lipinski definition) is 1. The molecule has 124 valence electrons. The van der Waals surface area contributed by atoms with Gasteiger partial charge in [0.2, 0.25) is 0 Å². The van der Waals surface area contributed by atoms with Crippen molar-refractivity contribution in [1.82, 2.24) is 25.1 Å². The number of amides is 1. The Morgan fingerprint density at radius 3 is 3.12 bits per heavy atom. The molecule has 0 saturated carbocycles. The molecule has 3 aromatic rings. The molecular weight excluding hydrogens is 306 g/mol. The van der Waals surface area contributed by atoms with Gasteiger partial charge >= 0.3 is 0 Å². The van der Waals surface area contributed by atoms with Crippen molar-refractivity contribution in [3.63, 3.8) is 0 Å². The Balaban J connectivity index is 1.58. The second-order valence-electron chi connectivity index (χ2n) is 5.35. The highest BCUT2D eigenvalue weighted by Gasteiger charge is 2.08. The standard InChI is InChI=1S/C17H19N5O2/c1-24-10-9-22-12-20-21-16(22)6-8-19-17(23)14-4-5-15-13(11-14)3-2-7-18-15/h2-5,7,11-12H,6,8-10H2,1H3,(H,19,23). The van der Waals surface area contributed by atoms with Gasteiger partial charge in [-0.05, 0) is 24.3 Å². The van der Waals surface area contributed by atoms with E-state index in [1.807, 2.05) is 28.8 Å². The summed E-state index contributed by atoms with van der Waals surface area (Å²) < 4.78 is 6.98. The summed E-state index contributed by atoms with van der Waals surface area (Å²) >= 11 is 0. The number of benzene rings is 1. The first kappa shape index (κ1) is 16.1. The number of ether oxygens (including phenoxy) is 1. The van der Waals surface area contributed by atoms with E-state index in [-0.39, 0.29) is 5.91 Å². The van der Waals surface area contributed by atoms with Crippen molar-refractivity contribution in [2.45, 2.75) is 13.0 Å². The van der Waals surface area contributed by atoms with Crippen molar-refractivity contribution in [2.24, 2.45) is 0 Å². The van der Waals surface area contributed by atoms with Gasteiger partial charge in [0.15, 0.2) is 0 Å². The van der Waals surface area contributed by atoms with Gasteiger partial charge in [-0.15, -0.1) is 10.2 Å². The zero-order chi connectivity index (χ0) is 16.8. The number of pyridine rings is 1. The molecule has 7 heteroatoms. The van der Waals surface area contributed by atoms with Gasteiger partial charge in [0.05, 0.1) is 12.1 Å². The lowest BCUT2D eigenvalue weighted by Crippen LogP contribution is -2.26. The van der Waals surface area contributed by atoms with Crippen LogP contribution in [0.3, 0.4) is 0 Å². The summed E-state index contributed by atoms with van der Waals surface area (Å²) in [6, 6.07) is 9.28. The van der Waals surface area contributed by atoms with E-state index in [1.165, 1.54) is 0 Å². The summed E-state index contributed by atoms with van der Waals surface area (Å²) in [5.74, 6) is 0.721. The Morgan fingerprint density at radius 1 is 1.33 bits per heavy atom. The summed E-state index contributed by atoms with van der Waals surface area (Å²) in [7, 11) is 1.66. The van der Waals surface area contributed by atoms with Gasteiger partial charge in [0, 0.05) is 43.8 Å². The topological polar surface area (TPSA) is 81.9 Å². The lowest BCUT2D eigenvalue weighted by atomic mass is 10.1. The lowest BCUT2D eigenvalue weighted by Gasteiger charge is -2.08. The van der Waals surface area contributed by atoms with Crippen LogP contribution in [0.15, 0.2) is 42.9 Å². The molecule has 1 amide bonds. The minimum absolute atomic E-state index is 0.108. The third-order valence-corrected chi connectivity index (χ3v) is 3.73. The second-order valence-corrected chi connectivity index (χ2v) is 5.35. The van der Waals surface area contributed by atoms with E-state index in [4.69, 9.17) is 4.74 Å². The molecule has 0 unspecified atom stereocenters. The van der Waals surface area contributed by atoms with Crippen LogP contribution in [0, 0.1) is 0 Å². The molecule has 2 aromatic heterocycles. The number of fused-ring (bicyclic) bond motifs is 1. The van der Waals surface area contributed by atoms with Crippen LogP contribution >= 0.6 is 0 Å². The Kier molecular flexibility index (Phi) is 5.12.